The van der Waals surface area contributed by atoms with Gasteiger partial charge in [0.05, 0.1) is 0 Å². The van der Waals surface area contributed by atoms with Crippen LogP contribution in [0, 0.1) is 6.92 Å². The molecule has 20 heavy (non-hydrogen) atoms. The number of hydrogen-bond acceptors (Lipinski definition) is 2. The van der Waals surface area contributed by atoms with Gasteiger partial charge in [-0.3, -0.25) is 0 Å². The third-order valence-corrected chi connectivity index (χ3v) is 4.68. The molecule has 1 aromatic heterocycles. The quantitative estimate of drug-likeness (QED) is 0.733. The summed E-state index contributed by atoms with van der Waals surface area (Å²) in [4.78, 5) is 2.80. The minimum absolute atomic E-state index is 0.401. The molecule has 1 atom stereocenters. The molecule has 0 aliphatic heterocycles. The van der Waals surface area contributed by atoms with Crippen LogP contribution in [0.3, 0.4) is 0 Å². The first-order valence-corrected chi connectivity index (χ1v) is 8.38. The zero-order chi connectivity index (χ0) is 14.4. The van der Waals surface area contributed by atoms with Crippen LogP contribution in [0.15, 0.2) is 36.4 Å². The van der Waals surface area contributed by atoms with Crippen molar-refractivity contribution in [3.8, 4) is 0 Å². The van der Waals surface area contributed by atoms with Gasteiger partial charge in [-0.15, -0.1) is 11.3 Å². The Morgan fingerprint density at radius 1 is 1.10 bits per heavy atom. The van der Waals surface area contributed by atoms with Gasteiger partial charge in [-0.2, -0.15) is 0 Å². The monoisotopic (exact) mass is 287 g/mol. The maximum Gasteiger partial charge on any atom is 0.0305 e. The summed E-state index contributed by atoms with van der Waals surface area (Å²) >= 11 is 1.87. The molecule has 1 heterocycles. The van der Waals surface area contributed by atoms with E-state index in [1.165, 1.54) is 40.1 Å². The standard InChI is InChI=1S/C18H25NS/c1-4-5-6-16-8-10-17(11-9-16)15(3)19-13-18-12-7-14(2)20-18/h7-12,15,19H,4-6,13H2,1-3H3. The average molecular weight is 287 g/mol. The number of aryl methyl sites for hydroxylation is 2. The first-order valence-electron chi connectivity index (χ1n) is 7.56. The average Bonchev–Trinajstić information content (AvgIpc) is 2.89. The van der Waals surface area contributed by atoms with E-state index in [2.05, 4.69) is 62.5 Å². The molecule has 2 heteroatoms. The van der Waals surface area contributed by atoms with E-state index in [9.17, 15) is 0 Å². The Hall–Kier alpha value is -1.12. The van der Waals surface area contributed by atoms with E-state index in [0.29, 0.717) is 6.04 Å². The van der Waals surface area contributed by atoms with Crippen molar-refractivity contribution >= 4 is 11.3 Å². The summed E-state index contributed by atoms with van der Waals surface area (Å²) in [7, 11) is 0. The molecule has 0 bridgehead atoms. The van der Waals surface area contributed by atoms with E-state index in [-0.39, 0.29) is 0 Å². The smallest absolute Gasteiger partial charge is 0.0305 e. The van der Waals surface area contributed by atoms with Gasteiger partial charge >= 0.3 is 0 Å². The Kier molecular flexibility index (Phi) is 5.81. The number of hydrogen-bond donors (Lipinski definition) is 1. The number of rotatable bonds is 7. The van der Waals surface area contributed by atoms with Crippen molar-refractivity contribution in [2.24, 2.45) is 0 Å². The van der Waals surface area contributed by atoms with E-state index in [4.69, 9.17) is 0 Å². The largest absolute Gasteiger partial charge is 0.305 e. The summed E-state index contributed by atoms with van der Waals surface area (Å²) in [6, 6.07) is 13.9. The molecule has 0 fully saturated rings. The fourth-order valence-corrected chi connectivity index (χ4v) is 3.15. The fraction of sp³-hybridized carbons (Fsp3) is 0.444. The molecule has 1 nitrogen and oxygen atoms in total. The Balaban J connectivity index is 1.86. The van der Waals surface area contributed by atoms with Crippen molar-refractivity contribution in [1.29, 1.82) is 0 Å². The van der Waals surface area contributed by atoms with Gasteiger partial charge in [0, 0.05) is 22.3 Å². The van der Waals surface area contributed by atoms with E-state index >= 15 is 0 Å². The molecule has 0 spiro atoms. The topological polar surface area (TPSA) is 12.0 Å². The SMILES string of the molecule is CCCCc1ccc(C(C)NCc2ccc(C)s2)cc1. The van der Waals surface area contributed by atoms with Crippen LogP contribution in [0.5, 0.6) is 0 Å². The van der Waals surface area contributed by atoms with Gasteiger partial charge < -0.3 is 5.32 Å². The Labute approximate surface area is 127 Å². The third-order valence-electron chi connectivity index (χ3n) is 3.68. The van der Waals surface area contributed by atoms with E-state index in [1.807, 2.05) is 11.3 Å². The second kappa shape index (κ2) is 7.61. The van der Waals surface area contributed by atoms with Gasteiger partial charge in [0.25, 0.3) is 0 Å². The van der Waals surface area contributed by atoms with Crippen LogP contribution in [0.25, 0.3) is 0 Å². The highest BCUT2D eigenvalue weighted by atomic mass is 32.1. The Morgan fingerprint density at radius 2 is 1.85 bits per heavy atom. The second-order valence-corrected chi connectivity index (χ2v) is 6.83. The lowest BCUT2D eigenvalue weighted by molar-refractivity contribution is 0.578. The fourth-order valence-electron chi connectivity index (χ4n) is 2.31. The lowest BCUT2D eigenvalue weighted by Gasteiger charge is -2.14. The normalized spacial score (nSPS) is 12.6. The summed E-state index contributed by atoms with van der Waals surface area (Å²) in [5.74, 6) is 0. The van der Waals surface area contributed by atoms with Crippen molar-refractivity contribution in [2.45, 2.75) is 52.6 Å². The number of unbranched alkanes of at least 4 members (excludes halogenated alkanes) is 1. The van der Waals surface area contributed by atoms with Crippen molar-refractivity contribution in [3.63, 3.8) is 0 Å². The van der Waals surface area contributed by atoms with Crippen LogP contribution < -0.4 is 5.32 Å². The van der Waals surface area contributed by atoms with E-state index in [0.717, 1.165) is 6.54 Å². The van der Waals surface area contributed by atoms with Crippen LogP contribution in [-0.2, 0) is 13.0 Å². The summed E-state index contributed by atoms with van der Waals surface area (Å²) < 4.78 is 0. The minimum atomic E-state index is 0.401. The summed E-state index contributed by atoms with van der Waals surface area (Å²) in [6.07, 6.45) is 3.75. The van der Waals surface area contributed by atoms with Gasteiger partial charge in [0.15, 0.2) is 0 Å². The van der Waals surface area contributed by atoms with Crippen molar-refractivity contribution < 1.29 is 0 Å². The van der Waals surface area contributed by atoms with Gasteiger partial charge in [0.1, 0.15) is 0 Å². The van der Waals surface area contributed by atoms with Crippen molar-refractivity contribution in [3.05, 3.63) is 57.3 Å². The molecule has 1 unspecified atom stereocenters. The van der Waals surface area contributed by atoms with Crippen LogP contribution in [-0.4, -0.2) is 0 Å². The molecule has 1 aromatic carbocycles. The second-order valence-electron chi connectivity index (χ2n) is 5.46. The molecular weight excluding hydrogens is 262 g/mol. The number of nitrogens with one attached hydrogen (secondary N) is 1. The minimum Gasteiger partial charge on any atom is -0.305 e. The molecule has 1 N–H and O–H groups in total. The van der Waals surface area contributed by atoms with E-state index < -0.39 is 0 Å². The molecule has 0 saturated heterocycles. The maximum absolute atomic E-state index is 3.60. The highest BCUT2D eigenvalue weighted by Crippen LogP contribution is 2.18. The highest BCUT2D eigenvalue weighted by Gasteiger charge is 2.05. The molecule has 0 aliphatic carbocycles. The van der Waals surface area contributed by atoms with E-state index in [1.54, 1.807) is 0 Å². The molecule has 0 saturated carbocycles. The third kappa shape index (κ3) is 4.46. The molecule has 2 aromatic rings. The predicted molar refractivity (Wildman–Crippen MR) is 89.4 cm³/mol. The van der Waals surface area contributed by atoms with Gasteiger partial charge in [0.2, 0.25) is 0 Å². The predicted octanol–water partition coefficient (Wildman–Crippen LogP) is 5.25. The zero-order valence-electron chi connectivity index (χ0n) is 12.8. The Bertz CT molecular complexity index is 512. The lowest BCUT2D eigenvalue weighted by atomic mass is 10.0. The number of thiophene rings is 1. The Morgan fingerprint density at radius 3 is 2.45 bits per heavy atom. The summed E-state index contributed by atoms with van der Waals surface area (Å²) in [5.41, 5.74) is 2.83. The summed E-state index contributed by atoms with van der Waals surface area (Å²) in [6.45, 7) is 7.60. The molecule has 0 radical (unpaired) electrons. The summed E-state index contributed by atoms with van der Waals surface area (Å²) in [5, 5.41) is 3.60. The lowest BCUT2D eigenvalue weighted by Crippen LogP contribution is -2.17. The van der Waals surface area contributed by atoms with Crippen LogP contribution >= 0.6 is 11.3 Å². The molecule has 0 aliphatic rings. The molecule has 2 rings (SSSR count). The maximum atomic E-state index is 3.60. The first-order chi connectivity index (χ1) is 9.69. The van der Waals surface area contributed by atoms with Gasteiger partial charge in [-0.05, 0) is 49.9 Å². The molecule has 0 amide bonds. The van der Waals surface area contributed by atoms with Crippen LogP contribution in [0.2, 0.25) is 0 Å². The van der Waals surface area contributed by atoms with Crippen LogP contribution in [0.4, 0.5) is 0 Å². The van der Waals surface area contributed by atoms with Crippen LogP contribution in [0.1, 0.15) is 53.6 Å². The zero-order valence-corrected chi connectivity index (χ0v) is 13.6. The number of benzene rings is 1. The molecular formula is C18H25NS. The van der Waals surface area contributed by atoms with Gasteiger partial charge in [-0.25, -0.2) is 0 Å². The van der Waals surface area contributed by atoms with Crippen molar-refractivity contribution in [1.82, 2.24) is 5.32 Å². The van der Waals surface area contributed by atoms with Crippen molar-refractivity contribution in [2.75, 3.05) is 0 Å². The molecule has 108 valence electrons. The highest BCUT2D eigenvalue weighted by molar-refractivity contribution is 7.11. The first kappa shape index (κ1) is 15.3. The van der Waals surface area contributed by atoms with Gasteiger partial charge in [-0.1, -0.05) is 37.6 Å².